The topological polar surface area (TPSA) is 37.0 Å². The minimum Gasteiger partial charge on any atom is -0.382 e. The van der Waals surface area contributed by atoms with Gasteiger partial charge in [-0.1, -0.05) is 13.8 Å². The SMILES string of the molecule is CNc1cc(NC2CC(C)CC(C)C2)ccn1. The third-order valence-corrected chi connectivity index (χ3v) is 3.57. The first-order valence-electron chi connectivity index (χ1n) is 6.57. The fourth-order valence-electron chi connectivity index (χ4n) is 2.96. The fourth-order valence-corrected chi connectivity index (χ4v) is 2.96. The average Bonchev–Trinajstić information content (AvgIpc) is 2.28. The smallest absolute Gasteiger partial charge is 0.127 e. The highest BCUT2D eigenvalue weighted by molar-refractivity contribution is 5.52. The first-order valence-corrected chi connectivity index (χ1v) is 6.57. The van der Waals surface area contributed by atoms with Gasteiger partial charge < -0.3 is 10.6 Å². The fraction of sp³-hybridized carbons (Fsp3) is 0.643. The predicted molar refractivity (Wildman–Crippen MR) is 73.4 cm³/mol. The number of pyridine rings is 1. The van der Waals surface area contributed by atoms with Crippen molar-refractivity contribution < 1.29 is 0 Å². The van der Waals surface area contributed by atoms with E-state index in [0.29, 0.717) is 6.04 Å². The Balaban J connectivity index is 1.99. The van der Waals surface area contributed by atoms with Crippen molar-refractivity contribution in [2.75, 3.05) is 17.7 Å². The van der Waals surface area contributed by atoms with Gasteiger partial charge >= 0.3 is 0 Å². The molecule has 1 aliphatic rings. The Hall–Kier alpha value is -1.25. The molecular formula is C14H23N3. The molecule has 1 aromatic rings. The quantitative estimate of drug-likeness (QED) is 0.840. The molecule has 1 heterocycles. The summed E-state index contributed by atoms with van der Waals surface area (Å²) in [5.74, 6) is 2.59. The van der Waals surface area contributed by atoms with Gasteiger partial charge in [-0.3, -0.25) is 0 Å². The standard InChI is InChI=1S/C14H23N3/c1-10-6-11(2)8-13(7-10)17-12-4-5-16-14(9-12)15-3/h4-5,9-11,13H,6-8H2,1-3H3,(H2,15,16,17). The number of aromatic nitrogens is 1. The van der Waals surface area contributed by atoms with Crippen molar-refractivity contribution in [3.8, 4) is 0 Å². The third-order valence-electron chi connectivity index (χ3n) is 3.57. The molecule has 94 valence electrons. The van der Waals surface area contributed by atoms with E-state index in [9.17, 15) is 0 Å². The van der Waals surface area contributed by atoms with Crippen LogP contribution in [-0.2, 0) is 0 Å². The molecule has 0 spiro atoms. The number of nitrogens with zero attached hydrogens (tertiary/aromatic N) is 1. The van der Waals surface area contributed by atoms with Crippen molar-refractivity contribution in [3.05, 3.63) is 18.3 Å². The number of anilines is 2. The van der Waals surface area contributed by atoms with Crippen LogP contribution in [0.5, 0.6) is 0 Å². The molecule has 2 N–H and O–H groups in total. The summed E-state index contributed by atoms with van der Waals surface area (Å²) in [4.78, 5) is 4.23. The van der Waals surface area contributed by atoms with Gasteiger partial charge in [0.25, 0.3) is 0 Å². The molecule has 0 saturated heterocycles. The molecule has 0 radical (unpaired) electrons. The summed E-state index contributed by atoms with van der Waals surface area (Å²) >= 11 is 0. The van der Waals surface area contributed by atoms with Crippen LogP contribution in [0.3, 0.4) is 0 Å². The van der Waals surface area contributed by atoms with E-state index in [-0.39, 0.29) is 0 Å². The highest BCUT2D eigenvalue weighted by atomic mass is 15.0. The van der Waals surface area contributed by atoms with Gasteiger partial charge in [0.1, 0.15) is 5.82 Å². The van der Waals surface area contributed by atoms with Gasteiger partial charge in [0.15, 0.2) is 0 Å². The van der Waals surface area contributed by atoms with Crippen molar-refractivity contribution in [1.82, 2.24) is 4.98 Å². The van der Waals surface area contributed by atoms with E-state index in [0.717, 1.165) is 17.7 Å². The van der Waals surface area contributed by atoms with E-state index < -0.39 is 0 Å². The van der Waals surface area contributed by atoms with Gasteiger partial charge in [0, 0.05) is 31.0 Å². The van der Waals surface area contributed by atoms with Crippen molar-refractivity contribution in [1.29, 1.82) is 0 Å². The van der Waals surface area contributed by atoms with E-state index in [4.69, 9.17) is 0 Å². The lowest BCUT2D eigenvalue weighted by Gasteiger charge is -2.32. The van der Waals surface area contributed by atoms with Crippen LogP contribution in [0.15, 0.2) is 18.3 Å². The van der Waals surface area contributed by atoms with Crippen molar-refractivity contribution in [2.24, 2.45) is 11.8 Å². The Bertz CT molecular complexity index is 354. The van der Waals surface area contributed by atoms with Crippen molar-refractivity contribution in [3.63, 3.8) is 0 Å². The Kier molecular flexibility index (Phi) is 3.87. The summed E-state index contributed by atoms with van der Waals surface area (Å²) in [5, 5.41) is 6.71. The number of hydrogen-bond donors (Lipinski definition) is 2. The third kappa shape index (κ3) is 3.35. The predicted octanol–water partition coefficient (Wildman–Crippen LogP) is 3.36. The molecule has 0 bridgehead atoms. The zero-order valence-corrected chi connectivity index (χ0v) is 11.0. The van der Waals surface area contributed by atoms with Crippen molar-refractivity contribution in [2.45, 2.75) is 39.2 Å². The van der Waals surface area contributed by atoms with Crippen LogP contribution in [0, 0.1) is 11.8 Å². The first kappa shape index (κ1) is 12.2. The Morgan fingerprint density at radius 1 is 1.18 bits per heavy atom. The second-order valence-electron chi connectivity index (χ2n) is 5.44. The minimum atomic E-state index is 0.612. The lowest BCUT2D eigenvalue weighted by Crippen LogP contribution is -2.30. The van der Waals surface area contributed by atoms with Gasteiger partial charge in [-0.2, -0.15) is 0 Å². The molecule has 0 aromatic carbocycles. The minimum absolute atomic E-state index is 0.612. The highest BCUT2D eigenvalue weighted by Gasteiger charge is 2.23. The summed E-state index contributed by atoms with van der Waals surface area (Å²) in [6.45, 7) is 4.71. The Morgan fingerprint density at radius 3 is 2.53 bits per heavy atom. The lowest BCUT2D eigenvalue weighted by molar-refractivity contribution is 0.281. The summed E-state index contributed by atoms with van der Waals surface area (Å²) in [5.41, 5.74) is 1.18. The highest BCUT2D eigenvalue weighted by Crippen LogP contribution is 2.30. The Labute approximate surface area is 104 Å². The molecule has 2 atom stereocenters. The lowest BCUT2D eigenvalue weighted by atomic mass is 9.80. The van der Waals surface area contributed by atoms with Crippen LogP contribution in [0.25, 0.3) is 0 Å². The second kappa shape index (κ2) is 5.39. The van der Waals surface area contributed by atoms with Gasteiger partial charge in [0.2, 0.25) is 0 Å². The van der Waals surface area contributed by atoms with Crippen LogP contribution in [0.2, 0.25) is 0 Å². The molecule has 3 nitrogen and oxygen atoms in total. The zero-order valence-electron chi connectivity index (χ0n) is 11.0. The van der Waals surface area contributed by atoms with Gasteiger partial charge in [-0.25, -0.2) is 4.98 Å². The second-order valence-corrected chi connectivity index (χ2v) is 5.44. The van der Waals surface area contributed by atoms with Crippen LogP contribution >= 0.6 is 0 Å². The summed E-state index contributed by atoms with van der Waals surface area (Å²) < 4.78 is 0. The monoisotopic (exact) mass is 233 g/mol. The number of rotatable bonds is 3. The average molecular weight is 233 g/mol. The van der Waals surface area contributed by atoms with Gasteiger partial charge in [-0.05, 0) is 37.2 Å². The number of nitrogens with one attached hydrogen (secondary N) is 2. The van der Waals surface area contributed by atoms with Gasteiger partial charge in [-0.15, -0.1) is 0 Å². The normalized spacial score (nSPS) is 28.8. The molecule has 1 saturated carbocycles. The molecule has 0 amide bonds. The number of hydrogen-bond acceptors (Lipinski definition) is 3. The Morgan fingerprint density at radius 2 is 1.88 bits per heavy atom. The zero-order chi connectivity index (χ0) is 12.3. The molecule has 2 rings (SSSR count). The molecule has 1 aliphatic carbocycles. The van der Waals surface area contributed by atoms with Crippen LogP contribution in [0.4, 0.5) is 11.5 Å². The van der Waals surface area contributed by atoms with E-state index >= 15 is 0 Å². The van der Waals surface area contributed by atoms with E-state index in [1.807, 2.05) is 19.3 Å². The first-order chi connectivity index (χ1) is 8.17. The maximum atomic E-state index is 4.23. The molecule has 17 heavy (non-hydrogen) atoms. The summed E-state index contributed by atoms with van der Waals surface area (Å²) in [7, 11) is 1.90. The van der Waals surface area contributed by atoms with Crippen molar-refractivity contribution >= 4 is 11.5 Å². The maximum Gasteiger partial charge on any atom is 0.127 e. The molecular weight excluding hydrogens is 210 g/mol. The molecule has 3 heteroatoms. The summed E-state index contributed by atoms with van der Waals surface area (Å²) in [6.07, 6.45) is 5.78. The van der Waals surface area contributed by atoms with E-state index in [1.54, 1.807) is 0 Å². The molecule has 1 fully saturated rings. The molecule has 0 aliphatic heterocycles. The maximum absolute atomic E-state index is 4.23. The van der Waals surface area contributed by atoms with Gasteiger partial charge in [0.05, 0.1) is 0 Å². The molecule has 2 unspecified atom stereocenters. The largest absolute Gasteiger partial charge is 0.382 e. The summed E-state index contributed by atoms with van der Waals surface area (Å²) in [6, 6.07) is 4.73. The molecule has 1 aromatic heterocycles. The van der Waals surface area contributed by atoms with E-state index in [1.165, 1.54) is 24.9 Å². The van der Waals surface area contributed by atoms with Crippen LogP contribution in [0.1, 0.15) is 33.1 Å². The van der Waals surface area contributed by atoms with E-state index in [2.05, 4.69) is 35.5 Å². The van der Waals surface area contributed by atoms with Crippen LogP contribution < -0.4 is 10.6 Å². The van der Waals surface area contributed by atoms with Crippen LogP contribution in [-0.4, -0.2) is 18.1 Å².